The van der Waals surface area contributed by atoms with Gasteiger partial charge in [0, 0.05) is 60.2 Å². The number of benzene rings is 1. The van der Waals surface area contributed by atoms with Crippen molar-refractivity contribution in [3.05, 3.63) is 53.7 Å². The largest absolute Gasteiger partial charge is 0.474 e. The van der Waals surface area contributed by atoms with Crippen molar-refractivity contribution < 1.29 is 19.0 Å². The Bertz CT molecular complexity index is 1550. The molecule has 0 aliphatic carbocycles. The highest BCUT2D eigenvalue weighted by molar-refractivity contribution is 5.90. The molecule has 0 saturated heterocycles. The quantitative estimate of drug-likeness (QED) is 0.369. The van der Waals surface area contributed by atoms with E-state index in [1.807, 2.05) is 26.0 Å². The van der Waals surface area contributed by atoms with Gasteiger partial charge >= 0.3 is 0 Å². The summed E-state index contributed by atoms with van der Waals surface area (Å²) in [6.45, 7) is 5.53. The Balaban J connectivity index is 1.28. The first-order valence-electron chi connectivity index (χ1n) is 12.6. The molecule has 0 fully saturated rings. The summed E-state index contributed by atoms with van der Waals surface area (Å²) < 4.78 is 22.5. The predicted molar refractivity (Wildman–Crippen MR) is 141 cm³/mol. The molecular formula is C27H28FN7O3. The second kappa shape index (κ2) is 9.56. The van der Waals surface area contributed by atoms with Gasteiger partial charge in [-0.3, -0.25) is 9.48 Å². The van der Waals surface area contributed by atoms with Crippen LogP contribution in [-0.2, 0) is 17.8 Å². The van der Waals surface area contributed by atoms with E-state index in [9.17, 15) is 9.90 Å². The lowest BCUT2D eigenvalue weighted by molar-refractivity contribution is -0.134. The minimum Gasteiger partial charge on any atom is -0.474 e. The Morgan fingerprint density at radius 2 is 2.03 bits per heavy atom. The molecule has 3 N–H and O–H groups in total. The lowest BCUT2D eigenvalue weighted by atomic mass is 9.98. The maximum atomic E-state index is 15.2. The van der Waals surface area contributed by atoms with Crippen LogP contribution < -0.4 is 15.4 Å². The third-order valence-electron chi connectivity index (χ3n) is 7.17. The molecule has 0 saturated carbocycles. The molecule has 6 rings (SSSR count). The molecule has 11 heteroatoms. The molecule has 196 valence electrons. The number of amides is 1. The first kappa shape index (κ1) is 24.1. The minimum absolute atomic E-state index is 0.0754. The van der Waals surface area contributed by atoms with Crippen LogP contribution in [0.25, 0.3) is 21.9 Å². The number of aliphatic hydroxyl groups excluding tert-OH is 1. The summed E-state index contributed by atoms with van der Waals surface area (Å²) in [5.74, 6) is 1.23. The molecule has 10 nitrogen and oxygen atoms in total. The SMILES string of the molecule is Cc1c(-c2cc3cc(Nc4cc5n(n4)CC(=O)N([C@H](C)CO)CC5)ncc3cc2F)cnc2c1NCCO2. The summed E-state index contributed by atoms with van der Waals surface area (Å²) in [5.41, 5.74) is 3.73. The number of hydrogen-bond acceptors (Lipinski definition) is 8. The number of nitrogens with one attached hydrogen (secondary N) is 2. The number of carbonyl (C=O) groups is 1. The summed E-state index contributed by atoms with van der Waals surface area (Å²) in [4.78, 5) is 23.2. The summed E-state index contributed by atoms with van der Waals surface area (Å²) in [7, 11) is 0. The van der Waals surface area contributed by atoms with Gasteiger partial charge in [-0.1, -0.05) is 0 Å². The molecular weight excluding hydrogens is 489 g/mol. The molecule has 0 spiro atoms. The zero-order chi connectivity index (χ0) is 26.4. The van der Waals surface area contributed by atoms with Crippen LogP contribution in [0.1, 0.15) is 18.2 Å². The van der Waals surface area contributed by atoms with Crippen molar-refractivity contribution in [1.82, 2.24) is 24.6 Å². The number of carbonyl (C=O) groups excluding carboxylic acids is 1. The van der Waals surface area contributed by atoms with Crippen molar-refractivity contribution >= 4 is 34.0 Å². The Morgan fingerprint density at radius 1 is 1.16 bits per heavy atom. The number of rotatable bonds is 5. The van der Waals surface area contributed by atoms with E-state index >= 15 is 4.39 Å². The fourth-order valence-corrected chi connectivity index (χ4v) is 5.06. The van der Waals surface area contributed by atoms with Gasteiger partial charge in [-0.25, -0.2) is 14.4 Å². The lowest BCUT2D eigenvalue weighted by Gasteiger charge is -2.25. The zero-order valence-corrected chi connectivity index (χ0v) is 21.2. The molecule has 0 radical (unpaired) electrons. The van der Waals surface area contributed by atoms with Crippen molar-refractivity contribution in [2.45, 2.75) is 32.9 Å². The predicted octanol–water partition coefficient (Wildman–Crippen LogP) is 3.25. The second-order valence-electron chi connectivity index (χ2n) is 9.67. The third-order valence-corrected chi connectivity index (χ3v) is 7.17. The van der Waals surface area contributed by atoms with Crippen LogP contribution in [-0.4, -0.2) is 68.0 Å². The van der Waals surface area contributed by atoms with Crippen molar-refractivity contribution in [3.8, 4) is 17.0 Å². The molecule has 1 aromatic carbocycles. The number of pyridine rings is 2. The zero-order valence-electron chi connectivity index (χ0n) is 21.2. The van der Waals surface area contributed by atoms with Gasteiger partial charge in [0.15, 0.2) is 5.82 Å². The van der Waals surface area contributed by atoms with Gasteiger partial charge in [0.05, 0.1) is 12.6 Å². The summed E-state index contributed by atoms with van der Waals surface area (Å²) in [5, 5.41) is 22.0. The number of fused-ring (bicyclic) bond motifs is 3. The van der Waals surface area contributed by atoms with Crippen LogP contribution >= 0.6 is 0 Å². The van der Waals surface area contributed by atoms with Gasteiger partial charge in [0.25, 0.3) is 0 Å². The second-order valence-corrected chi connectivity index (χ2v) is 9.67. The maximum Gasteiger partial charge on any atom is 0.244 e. The summed E-state index contributed by atoms with van der Waals surface area (Å²) in [6.07, 6.45) is 3.90. The van der Waals surface area contributed by atoms with E-state index in [2.05, 4.69) is 25.7 Å². The number of halogens is 1. The van der Waals surface area contributed by atoms with Gasteiger partial charge in [-0.2, -0.15) is 5.10 Å². The third kappa shape index (κ3) is 4.28. The van der Waals surface area contributed by atoms with Gasteiger partial charge in [0.1, 0.15) is 30.5 Å². The van der Waals surface area contributed by atoms with Crippen LogP contribution in [0.15, 0.2) is 36.7 Å². The number of ether oxygens (including phenoxy) is 1. The Labute approximate surface area is 218 Å². The van der Waals surface area contributed by atoms with Crippen LogP contribution in [0.4, 0.5) is 21.7 Å². The molecule has 2 aliphatic heterocycles. The van der Waals surface area contributed by atoms with E-state index in [4.69, 9.17) is 4.74 Å². The maximum absolute atomic E-state index is 15.2. The van der Waals surface area contributed by atoms with Gasteiger partial charge in [0.2, 0.25) is 11.8 Å². The highest BCUT2D eigenvalue weighted by Gasteiger charge is 2.25. The topological polar surface area (TPSA) is 117 Å². The Hall–Kier alpha value is -4.25. The summed E-state index contributed by atoms with van der Waals surface area (Å²) >= 11 is 0. The molecule has 0 bridgehead atoms. The summed E-state index contributed by atoms with van der Waals surface area (Å²) in [6, 6.07) is 6.80. The Kier molecular flexibility index (Phi) is 6.07. The van der Waals surface area contributed by atoms with E-state index in [0.29, 0.717) is 60.1 Å². The Morgan fingerprint density at radius 3 is 2.87 bits per heavy atom. The molecule has 1 amide bonds. The highest BCUT2D eigenvalue weighted by atomic mass is 19.1. The fraction of sp³-hybridized carbons (Fsp3) is 0.333. The monoisotopic (exact) mass is 517 g/mol. The van der Waals surface area contributed by atoms with E-state index in [0.717, 1.165) is 22.3 Å². The van der Waals surface area contributed by atoms with Crippen molar-refractivity contribution in [3.63, 3.8) is 0 Å². The molecule has 4 aromatic rings. The first-order valence-corrected chi connectivity index (χ1v) is 12.6. The number of nitrogens with zero attached hydrogens (tertiary/aromatic N) is 5. The standard InChI is InChI=1S/C27H28FN7O3/c1-15(14-36)34-5-3-19-10-24(33-35(19)13-25(34)37)32-23-9-17-7-20(22(28)8-18(17)11-30-23)21-12-31-27-26(16(21)2)29-4-6-38-27/h7-12,15,29,36H,3-6,13-14H2,1-2H3,(H,30,32,33)/t15-/m1/s1. The van der Waals surface area contributed by atoms with E-state index in [1.54, 1.807) is 28.0 Å². The van der Waals surface area contributed by atoms with Crippen LogP contribution in [0.5, 0.6) is 5.88 Å². The molecule has 1 atom stereocenters. The van der Waals surface area contributed by atoms with Crippen molar-refractivity contribution in [2.24, 2.45) is 0 Å². The lowest BCUT2D eigenvalue weighted by Crippen LogP contribution is -2.42. The minimum atomic E-state index is -0.353. The van der Waals surface area contributed by atoms with Gasteiger partial charge in [-0.05, 0) is 43.0 Å². The fourth-order valence-electron chi connectivity index (χ4n) is 5.06. The van der Waals surface area contributed by atoms with Crippen LogP contribution in [0, 0.1) is 12.7 Å². The molecule has 38 heavy (non-hydrogen) atoms. The number of aromatic nitrogens is 4. The highest BCUT2D eigenvalue weighted by Crippen LogP contribution is 2.37. The van der Waals surface area contributed by atoms with E-state index in [1.165, 1.54) is 6.07 Å². The number of anilines is 3. The van der Waals surface area contributed by atoms with Crippen LogP contribution in [0.2, 0.25) is 0 Å². The van der Waals surface area contributed by atoms with Gasteiger partial charge in [-0.15, -0.1) is 0 Å². The average molecular weight is 518 g/mol. The molecule has 3 aromatic heterocycles. The smallest absolute Gasteiger partial charge is 0.244 e. The van der Waals surface area contributed by atoms with Crippen molar-refractivity contribution in [2.75, 3.05) is 36.9 Å². The van der Waals surface area contributed by atoms with Gasteiger partial charge < -0.3 is 25.4 Å². The first-order chi connectivity index (χ1) is 18.4. The van der Waals surface area contributed by atoms with E-state index in [-0.39, 0.29) is 30.9 Å². The molecule has 2 aliphatic rings. The average Bonchev–Trinajstić information content (AvgIpc) is 3.21. The van der Waals surface area contributed by atoms with E-state index < -0.39 is 0 Å². The number of hydrogen-bond donors (Lipinski definition) is 3. The molecule has 0 unspecified atom stereocenters. The normalized spacial score (nSPS) is 15.8. The number of aliphatic hydroxyl groups is 1. The van der Waals surface area contributed by atoms with Crippen molar-refractivity contribution in [1.29, 1.82) is 0 Å². The van der Waals surface area contributed by atoms with Crippen LogP contribution in [0.3, 0.4) is 0 Å². The molecule has 5 heterocycles.